The number of hydrogen-bond acceptors (Lipinski definition) is 9. The highest BCUT2D eigenvalue weighted by Crippen LogP contribution is 2.42. The van der Waals surface area contributed by atoms with Crippen LogP contribution in [0.3, 0.4) is 0 Å². The number of nitrogens with one attached hydrogen (secondary N) is 2. The Kier molecular flexibility index (Phi) is 12.6. The number of aryl methyl sites for hydroxylation is 1. The van der Waals surface area contributed by atoms with Crippen molar-refractivity contribution in [2.45, 2.75) is 104 Å². The van der Waals surface area contributed by atoms with E-state index >= 15 is 0 Å². The number of amides is 1. The molecular weight excluding hydrogens is 581 g/mol. The first-order chi connectivity index (χ1) is 21.7. The summed E-state index contributed by atoms with van der Waals surface area (Å²) in [5, 5.41) is 28.6. The van der Waals surface area contributed by atoms with Gasteiger partial charge in [0.1, 0.15) is 0 Å². The summed E-state index contributed by atoms with van der Waals surface area (Å²) in [4.78, 5) is 12.4. The standard InChI is InChI=1S/C33H54BN9O3/c1-13-23(3)29(38-30-18-16-15-17-28(30)31(44)35-10)19-20-41(11)40-39-24(4)25(5)43(36-14-2)26(6)33(9)32(7,8)45-34(46-33)27-21-37-42(12)22-27/h13-18,21-22,24-26,29,38H,19-20H2,1-12H3,(H,35,44)/b23-13+,36-14-,40-39?/t24-,25?,26?,29?,33?/m0/s1. The fourth-order valence-electron chi connectivity index (χ4n) is 5.61. The predicted octanol–water partition coefficient (Wildman–Crippen LogP) is 4.67. The van der Waals surface area contributed by atoms with E-state index in [0.717, 1.165) is 17.6 Å². The lowest BCUT2D eigenvalue weighted by atomic mass is 9.80. The van der Waals surface area contributed by atoms with Crippen LogP contribution in [0.1, 0.15) is 79.1 Å². The van der Waals surface area contributed by atoms with Gasteiger partial charge in [0.15, 0.2) is 0 Å². The third-order valence-corrected chi connectivity index (χ3v) is 9.37. The van der Waals surface area contributed by atoms with E-state index < -0.39 is 18.3 Å². The monoisotopic (exact) mass is 635 g/mol. The molecule has 3 rings (SSSR count). The van der Waals surface area contributed by atoms with Crippen LogP contribution in [0.2, 0.25) is 0 Å². The fourth-order valence-corrected chi connectivity index (χ4v) is 5.61. The predicted molar refractivity (Wildman–Crippen MR) is 186 cm³/mol. The van der Waals surface area contributed by atoms with E-state index in [1.807, 2.05) is 63.4 Å². The van der Waals surface area contributed by atoms with Gasteiger partial charge in [-0.05, 0) is 80.9 Å². The topological polar surface area (TPSA) is 121 Å². The first kappa shape index (κ1) is 36.8. The second kappa shape index (κ2) is 15.7. The van der Waals surface area contributed by atoms with E-state index in [-0.39, 0.29) is 30.1 Å². The number of carbonyl (C=O) groups is 1. The normalized spacial score (nSPS) is 21.0. The molecule has 0 bridgehead atoms. The smallest absolute Gasteiger partial charge is 0.399 e. The summed E-state index contributed by atoms with van der Waals surface area (Å²) in [6.45, 7) is 19.2. The summed E-state index contributed by atoms with van der Waals surface area (Å²) in [6, 6.07) is 7.17. The van der Waals surface area contributed by atoms with Crippen molar-refractivity contribution in [1.82, 2.24) is 25.1 Å². The van der Waals surface area contributed by atoms with E-state index in [1.54, 1.807) is 24.1 Å². The fraction of sp³-hybridized carbons (Fsp3) is 0.606. The molecule has 4 unspecified atom stereocenters. The number of allylic oxidation sites excluding steroid dienone is 1. The van der Waals surface area contributed by atoms with Crippen LogP contribution in [0.5, 0.6) is 0 Å². The van der Waals surface area contributed by atoms with Crippen molar-refractivity contribution in [3.05, 3.63) is 53.9 Å². The molecule has 2 N–H and O–H groups in total. The van der Waals surface area contributed by atoms with Gasteiger partial charge >= 0.3 is 7.12 Å². The molecule has 2 aromatic rings. The summed E-state index contributed by atoms with van der Waals surface area (Å²) in [6.07, 6.45) is 8.36. The average molecular weight is 636 g/mol. The van der Waals surface area contributed by atoms with Crippen molar-refractivity contribution < 1.29 is 14.1 Å². The van der Waals surface area contributed by atoms with Gasteiger partial charge in [0.2, 0.25) is 0 Å². The molecule has 13 heteroatoms. The summed E-state index contributed by atoms with van der Waals surface area (Å²) in [7, 11) is 4.93. The molecule has 46 heavy (non-hydrogen) atoms. The maximum absolute atomic E-state index is 12.4. The van der Waals surface area contributed by atoms with E-state index in [4.69, 9.17) is 19.5 Å². The summed E-state index contributed by atoms with van der Waals surface area (Å²) >= 11 is 0. The van der Waals surface area contributed by atoms with Gasteiger partial charge in [-0.3, -0.25) is 19.5 Å². The Bertz CT molecular complexity index is 1390. The molecule has 5 atom stereocenters. The number of benzene rings is 1. The van der Waals surface area contributed by atoms with Crippen LogP contribution in [0.4, 0.5) is 5.69 Å². The number of aromatic nitrogens is 2. The maximum atomic E-state index is 12.4. The number of nitrogens with zero attached hydrogens (tertiary/aromatic N) is 7. The number of hydrazone groups is 1. The van der Waals surface area contributed by atoms with Crippen LogP contribution < -0.4 is 16.1 Å². The Morgan fingerprint density at radius 3 is 2.48 bits per heavy atom. The highest BCUT2D eigenvalue weighted by molar-refractivity contribution is 6.62. The molecule has 1 aliphatic rings. The van der Waals surface area contributed by atoms with Crippen molar-refractivity contribution in [3.8, 4) is 0 Å². The van der Waals surface area contributed by atoms with Crippen molar-refractivity contribution in [2.24, 2.45) is 22.5 Å². The van der Waals surface area contributed by atoms with Gasteiger partial charge < -0.3 is 19.9 Å². The van der Waals surface area contributed by atoms with Gasteiger partial charge in [-0.2, -0.15) is 15.3 Å². The van der Waals surface area contributed by atoms with Crippen LogP contribution in [0, 0.1) is 0 Å². The minimum absolute atomic E-state index is 0.0215. The van der Waals surface area contributed by atoms with E-state index in [1.165, 1.54) is 5.57 Å². The van der Waals surface area contributed by atoms with Gasteiger partial charge in [-0.1, -0.05) is 29.0 Å². The second-order valence-electron chi connectivity index (χ2n) is 12.8. The summed E-state index contributed by atoms with van der Waals surface area (Å²) in [5.74, 6) is -0.123. The number of anilines is 1. The van der Waals surface area contributed by atoms with E-state index in [2.05, 4.69) is 80.5 Å². The molecule has 1 aliphatic heterocycles. The van der Waals surface area contributed by atoms with Gasteiger partial charge in [-0.15, -0.1) is 0 Å². The molecule has 2 heterocycles. The second-order valence-corrected chi connectivity index (χ2v) is 12.8. The minimum Gasteiger partial charge on any atom is -0.399 e. The Hall–Kier alpha value is -3.71. The molecule has 0 saturated carbocycles. The van der Waals surface area contributed by atoms with Crippen molar-refractivity contribution in [1.29, 1.82) is 0 Å². The van der Waals surface area contributed by atoms with Crippen molar-refractivity contribution >= 4 is 30.4 Å². The Balaban J connectivity index is 1.69. The molecule has 0 spiro atoms. The maximum Gasteiger partial charge on any atom is 0.498 e. The molecule has 12 nitrogen and oxygen atoms in total. The zero-order valence-corrected chi connectivity index (χ0v) is 29.8. The Labute approximate surface area is 275 Å². The summed E-state index contributed by atoms with van der Waals surface area (Å²) in [5.41, 5.74) is 2.18. The number of hydrogen-bond donors (Lipinski definition) is 2. The lowest BCUT2D eigenvalue weighted by Gasteiger charge is -2.47. The SMILES string of the molecule is C/C=N\N(C(C)[C@H](C)N=NN(C)CCC(Nc1ccccc1C(=O)NC)/C(C)=C/C)C(C)C1(C)OB(c2cnn(C)c2)OC1(C)C. The lowest BCUT2D eigenvalue weighted by molar-refractivity contribution is -0.0789. The zero-order valence-electron chi connectivity index (χ0n) is 29.8. The molecule has 1 amide bonds. The van der Waals surface area contributed by atoms with Crippen LogP contribution in [-0.2, 0) is 16.4 Å². The zero-order chi connectivity index (χ0) is 34.2. The summed E-state index contributed by atoms with van der Waals surface area (Å²) < 4.78 is 14.8. The van der Waals surface area contributed by atoms with Crippen molar-refractivity contribution in [3.63, 3.8) is 0 Å². The van der Waals surface area contributed by atoms with Gasteiger partial charge in [0.25, 0.3) is 5.91 Å². The molecule has 1 aromatic carbocycles. The van der Waals surface area contributed by atoms with E-state index in [0.29, 0.717) is 12.1 Å². The average Bonchev–Trinajstić information content (AvgIpc) is 3.58. The molecule has 1 fully saturated rings. The van der Waals surface area contributed by atoms with Gasteiger partial charge in [0.05, 0.1) is 34.9 Å². The molecule has 0 radical (unpaired) electrons. The van der Waals surface area contributed by atoms with Crippen LogP contribution in [-0.4, -0.2) is 95.0 Å². The van der Waals surface area contributed by atoms with Crippen LogP contribution in [0.25, 0.3) is 0 Å². The van der Waals surface area contributed by atoms with Gasteiger partial charge in [-0.25, -0.2) is 0 Å². The van der Waals surface area contributed by atoms with Crippen molar-refractivity contribution in [2.75, 3.05) is 26.0 Å². The number of carbonyl (C=O) groups excluding carboxylic acids is 1. The quantitative estimate of drug-likeness (QED) is 0.0960. The molecule has 1 saturated heterocycles. The first-order valence-electron chi connectivity index (χ1n) is 16.1. The van der Waals surface area contributed by atoms with E-state index in [9.17, 15) is 4.79 Å². The Morgan fingerprint density at radius 1 is 1.17 bits per heavy atom. The lowest BCUT2D eigenvalue weighted by Crippen LogP contribution is -2.60. The van der Waals surface area contributed by atoms with Crippen LogP contribution >= 0.6 is 0 Å². The molecule has 0 aliphatic carbocycles. The third kappa shape index (κ3) is 8.36. The van der Waals surface area contributed by atoms with Crippen LogP contribution in [0.15, 0.2) is 63.7 Å². The Morgan fingerprint density at radius 2 is 1.87 bits per heavy atom. The number of para-hydroxylation sites is 1. The molecular formula is C33H54BN9O3. The molecule has 252 valence electrons. The third-order valence-electron chi connectivity index (χ3n) is 9.37. The van der Waals surface area contributed by atoms with Gasteiger partial charge in [0, 0.05) is 63.5 Å². The minimum atomic E-state index is -0.689. The number of rotatable bonds is 15. The molecule has 1 aromatic heterocycles. The largest absolute Gasteiger partial charge is 0.498 e. The highest BCUT2D eigenvalue weighted by atomic mass is 16.7. The highest BCUT2D eigenvalue weighted by Gasteiger charge is 2.59. The first-order valence-corrected chi connectivity index (χ1v) is 16.1.